The standard InChI is InChI=1S/C52H58N2S6/c1-3-5-7-9-11-13-15-17-21-37-25-29-43(57-37)45-33-31-41(59-45)39-27-28-40(50-49(39)53-51(47-23-19-35-55-47)52(54-50)48-24-20-36-56-48)42-32-34-46(60-42)44-30-26-38(58-44)22-18-16-14-12-10-8-6-4-2/h19-20,23-36H,3-18,21-22H2,1-2H3. The van der Waals surface area contributed by atoms with E-state index < -0.39 is 0 Å². The number of unbranched alkanes of at least 4 members (excludes halogenated alkanes) is 14. The first-order chi connectivity index (χ1) is 29.7. The van der Waals surface area contributed by atoms with E-state index in [-0.39, 0.29) is 0 Å². The monoisotopic (exact) mass is 902 g/mol. The Kier molecular flexibility index (Phi) is 16.1. The Labute approximate surface area is 382 Å². The first kappa shape index (κ1) is 43.4. The maximum atomic E-state index is 5.59. The summed E-state index contributed by atoms with van der Waals surface area (Å²) in [5.41, 5.74) is 6.20. The fourth-order valence-corrected chi connectivity index (χ4v) is 13.9. The average molecular weight is 903 g/mol. The predicted molar refractivity (Wildman–Crippen MR) is 272 cm³/mol. The maximum Gasteiger partial charge on any atom is 0.108 e. The Balaban J connectivity index is 1.05. The molecule has 0 radical (unpaired) electrons. The smallest absolute Gasteiger partial charge is 0.108 e. The van der Waals surface area contributed by atoms with Crippen molar-refractivity contribution in [3.8, 4) is 61.5 Å². The van der Waals surface area contributed by atoms with Gasteiger partial charge in [0, 0.05) is 50.1 Å². The minimum absolute atomic E-state index is 0.966. The third-order valence-corrected chi connectivity index (χ3v) is 18.1. The minimum atomic E-state index is 0.966. The summed E-state index contributed by atoms with van der Waals surface area (Å²) in [7, 11) is 0. The van der Waals surface area contributed by atoms with E-state index in [0.29, 0.717) is 0 Å². The predicted octanol–water partition coefficient (Wildman–Crippen LogP) is 19.4. The fraction of sp³-hybridized carbons (Fsp3) is 0.385. The van der Waals surface area contributed by atoms with Crippen molar-refractivity contribution in [3.63, 3.8) is 0 Å². The Morgan fingerprint density at radius 2 is 0.717 bits per heavy atom. The van der Waals surface area contributed by atoms with Crippen LogP contribution in [0.4, 0.5) is 0 Å². The third kappa shape index (κ3) is 11.0. The highest BCUT2D eigenvalue weighted by atomic mass is 32.1. The summed E-state index contributed by atoms with van der Waals surface area (Å²) in [5.74, 6) is 0. The molecule has 7 heterocycles. The Morgan fingerprint density at radius 3 is 1.12 bits per heavy atom. The molecule has 2 nitrogen and oxygen atoms in total. The topological polar surface area (TPSA) is 25.8 Å². The summed E-state index contributed by atoms with van der Waals surface area (Å²) < 4.78 is 0. The SMILES string of the molecule is CCCCCCCCCCc1ccc(-c2ccc(-c3ccc(-c4ccc(-c5ccc(CCCCCCCCCC)s5)s4)c4nc(-c5cccs5)c(-c5cccs5)nc34)s2)s1. The van der Waals surface area contributed by atoms with Crippen LogP contribution >= 0.6 is 68.0 Å². The molecular formula is C52H58N2S6. The van der Waals surface area contributed by atoms with Gasteiger partial charge in [-0.05, 0) is 97.1 Å². The Morgan fingerprint density at radius 1 is 0.350 bits per heavy atom. The summed E-state index contributed by atoms with van der Waals surface area (Å²) >= 11 is 11.2. The van der Waals surface area contributed by atoms with Crippen molar-refractivity contribution in [2.75, 3.05) is 0 Å². The van der Waals surface area contributed by atoms with Crippen LogP contribution in [0.15, 0.2) is 95.7 Å². The highest BCUT2D eigenvalue weighted by molar-refractivity contribution is 7.24. The molecule has 0 fully saturated rings. The first-order valence-corrected chi connectivity index (χ1v) is 27.5. The Bertz CT molecular complexity index is 2320. The molecule has 0 N–H and O–H groups in total. The van der Waals surface area contributed by atoms with Crippen LogP contribution in [0.25, 0.3) is 72.6 Å². The number of benzene rings is 1. The summed E-state index contributed by atoms with van der Waals surface area (Å²) in [5, 5.41) is 4.29. The van der Waals surface area contributed by atoms with Crippen LogP contribution in [0.2, 0.25) is 0 Å². The lowest BCUT2D eigenvalue weighted by atomic mass is 10.0. The minimum Gasteiger partial charge on any atom is -0.242 e. The number of nitrogens with zero attached hydrogens (tertiary/aromatic N) is 2. The first-order valence-electron chi connectivity index (χ1n) is 22.5. The number of thiophene rings is 6. The number of hydrogen-bond acceptors (Lipinski definition) is 8. The largest absolute Gasteiger partial charge is 0.242 e. The zero-order valence-electron chi connectivity index (χ0n) is 35.3. The molecular weight excluding hydrogens is 845 g/mol. The zero-order valence-corrected chi connectivity index (χ0v) is 40.2. The van der Waals surface area contributed by atoms with Crippen LogP contribution in [0.1, 0.15) is 126 Å². The quantitative estimate of drug-likeness (QED) is 0.0565. The highest BCUT2D eigenvalue weighted by Crippen LogP contribution is 2.46. The maximum absolute atomic E-state index is 5.59. The van der Waals surface area contributed by atoms with Crippen LogP contribution in [0.3, 0.4) is 0 Å². The van der Waals surface area contributed by atoms with Gasteiger partial charge in [0.15, 0.2) is 0 Å². The van der Waals surface area contributed by atoms with Gasteiger partial charge in [-0.3, -0.25) is 0 Å². The van der Waals surface area contributed by atoms with Crippen molar-refractivity contribution in [3.05, 3.63) is 105 Å². The highest BCUT2D eigenvalue weighted by Gasteiger charge is 2.22. The summed E-state index contributed by atoms with van der Waals surface area (Å²) in [6.07, 6.45) is 24.2. The van der Waals surface area contributed by atoms with Crippen LogP contribution in [-0.4, -0.2) is 9.97 Å². The van der Waals surface area contributed by atoms with Crippen LogP contribution in [0.5, 0.6) is 0 Å². The van der Waals surface area contributed by atoms with E-state index in [4.69, 9.17) is 9.97 Å². The van der Waals surface area contributed by atoms with E-state index in [9.17, 15) is 0 Å². The molecule has 0 unspecified atom stereocenters. The number of rotatable bonds is 24. The van der Waals surface area contributed by atoms with Gasteiger partial charge in [-0.15, -0.1) is 68.0 Å². The molecule has 8 rings (SSSR count). The van der Waals surface area contributed by atoms with Crippen molar-refractivity contribution in [1.82, 2.24) is 9.97 Å². The van der Waals surface area contributed by atoms with Gasteiger partial charge in [0.25, 0.3) is 0 Å². The molecule has 60 heavy (non-hydrogen) atoms. The molecule has 0 saturated heterocycles. The van der Waals surface area contributed by atoms with E-state index >= 15 is 0 Å². The molecule has 0 aliphatic rings. The molecule has 312 valence electrons. The number of aryl methyl sites for hydroxylation is 2. The van der Waals surface area contributed by atoms with E-state index in [0.717, 1.165) is 43.3 Å². The van der Waals surface area contributed by atoms with Crippen molar-refractivity contribution in [2.45, 2.75) is 129 Å². The fourth-order valence-electron chi connectivity index (χ4n) is 8.09. The molecule has 1 aromatic carbocycles. The van der Waals surface area contributed by atoms with Crippen LogP contribution < -0.4 is 0 Å². The van der Waals surface area contributed by atoms with Crippen LogP contribution in [-0.2, 0) is 12.8 Å². The molecule has 0 saturated carbocycles. The van der Waals surface area contributed by atoms with E-state index in [1.807, 2.05) is 45.3 Å². The Hall–Kier alpha value is -3.24. The van der Waals surface area contributed by atoms with Gasteiger partial charge < -0.3 is 0 Å². The molecule has 8 aromatic rings. The molecule has 0 amide bonds. The molecule has 0 atom stereocenters. The number of aromatic nitrogens is 2. The van der Waals surface area contributed by atoms with Gasteiger partial charge in [-0.2, -0.15) is 0 Å². The lowest BCUT2D eigenvalue weighted by Crippen LogP contribution is -1.96. The molecule has 8 heteroatoms. The van der Waals surface area contributed by atoms with Gasteiger partial charge >= 0.3 is 0 Å². The average Bonchev–Trinajstić information content (AvgIpc) is 4.12. The van der Waals surface area contributed by atoms with Crippen molar-refractivity contribution < 1.29 is 0 Å². The third-order valence-electron chi connectivity index (χ3n) is 11.4. The molecule has 0 aliphatic carbocycles. The van der Waals surface area contributed by atoms with Gasteiger partial charge in [-0.1, -0.05) is 128 Å². The zero-order chi connectivity index (χ0) is 40.9. The lowest BCUT2D eigenvalue weighted by Gasteiger charge is -2.13. The second kappa shape index (κ2) is 22.2. The van der Waals surface area contributed by atoms with E-state index in [2.05, 4.69) is 110 Å². The van der Waals surface area contributed by atoms with Gasteiger partial charge in [0.1, 0.15) is 11.4 Å². The molecule has 0 aliphatic heterocycles. The van der Waals surface area contributed by atoms with E-state index in [1.165, 1.54) is 155 Å². The summed E-state index contributed by atoms with van der Waals surface area (Å²) in [6.45, 7) is 4.59. The van der Waals surface area contributed by atoms with Gasteiger partial charge in [0.05, 0.1) is 20.8 Å². The van der Waals surface area contributed by atoms with Crippen LogP contribution in [0, 0.1) is 0 Å². The second-order valence-electron chi connectivity index (χ2n) is 16.0. The van der Waals surface area contributed by atoms with Gasteiger partial charge in [-0.25, -0.2) is 9.97 Å². The normalized spacial score (nSPS) is 11.7. The van der Waals surface area contributed by atoms with E-state index in [1.54, 1.807) is 22.7 Å². The van der Waals surface area contributed by atoms with Gasteiger partial charge in [0.2, 0.25) is 0 Å². The van der Waals surface area contributed by atoms with Crippen molar-refractivity contribution in [1.29, 1.82) is 0 Å². The molecule has 0 bridgehead atoms. The second-order valence-corrected chi connectivity index (χ2v) is 22.4. The molecule has 0 spiro atoms. The van der Waals surface area contributed by atoms with Crippen molar-refractivity contribution in [2.24, 2.45) is 0 Å². The number of hydrogen-bond donors (Lipinski definition) is 0. The summed E-state index contributed by atoms with van der Waals surface area (Å²) in [6, 6.07) is 31.8. The number of fused-ring (bicyclic) bond motifs is 1. The molecule has 7 aromatic heterocycles. The summed E-state index contributed by atoms with van der Waals surface area (Å²) in [4.78, 5) is 24.4. The van der Waals surface area contributed by atoms with Crippen molar-refractivity contribution >= 4 is 79.1 Å². The lowest BCUT2D eigenvalue weighted by molar-refractivity contribution is 0.576.